The highest BCUT2D eigenvalue weighted by atomic mass is 32.2. The Morgan fingerprint density at radius 3 is 2.18 bits per heavy atom. The van der Waals surface area contributed by atoms with E-state index >= 15 is 0 Å². The zero-order valence-corrected chi connectivity index (χ0v) is 8.55. The molecule has 0 aromatic heterocycles. The van der Waals surface area contributed by atoms with E-state index in [1.165, 1.54) is 0 Å². The fourth-order valence-electron chi connectivity index (χ4n) is 0.405. The van der Waals surface area contributed by atoms with Gasteiger partial charge in [0.05, 0.1) is 5.75 Å². The summed E-state index contributed by atoms with van der Waals surface area (Å²) in [4.78, 5) is 11.1. The minimum Gasteiger partial charge on any atom is -0.294 e. The molecule has 0 atom stereocenters. The second-order valence-electron chi connectivity index (χ2n) is 3.60. The van der Waals surface area contributed by atoms with E-state index in [2.05, 4.69) is 27.4 Å². The van der Waals surface area contributed by atoms with Gasteiger partial charge in [-0.05, 0) is 12.5 Å². The first kappa shape index (κ1) is 10.8. The molecule has 0 heterocycles. The maximum atomic E-state index is 11.1. The van der Waals surface area contributed by atoms with Gasteiger partial charge in [0.1, 0.15) is 0 Å². The van der Waals surface area contributed by atoms with E-state index in [-0.39, 0.29) is 10.5 Å². The molecule has 0 saturated carbocycles. The van der Waals surface area contributed by atoms with Gasteiger partial charge in [0.25, 0.3) is 0 Å². The molecule has 1 nitrogen and oxygen atoms in total. The molecular weight excluding hydrogens is 156 g/mol. The zero-order valence-electron chi connectivity index (χ0n) is 7.73. The van der Waals surface area contributed by atoms with E-state index in [1.807, 2.05) is 0 Å². The van der Waals surface area contributed by atoms with E-state index < -0.39 is 0 Å². The molecule has 0 amide bonds. The number of rotatable bonds is 3. The average molecular weight is 172 g/mol. The van der Waals surface area contributed by atoms with Crippen LogP contribution in [0.2, 0.25) is 0 Å². The minimum absolute atomic E-state index is 0.157. The monoisotopic (exact) mass is 172 g/mol. The molecule has 64 valence electrons. The van der Waals surface area contributed by atoms with Gasteiger partial charge in [0, 0.05) is 4.75 Å². The Bertz CT molecular complexity index is 165. The predicted octanol–water partition coefficient (Wildman–Crippen LogP) is 2.66. The van der Waals surface area contributed by atoms with Crippen molar-refractivity contribution in [2.24, 2.45) is 0 Å². The summed E-state index contributed by atoms with van der Waals surface area (Å²) in [6.45, 7) is 11.7. The smallest absolute Gasteiger partial charge is 0.167 e. The zero-order chi connectivity index (χ0) is 9.07. The maximum Gasteiger partial charge on any atom is 0.167 e. The lowest BCUT2D eigenvalue weighted by Gasteiger charge is -2.16. The number of carbonyl (C=O) groups excluding carboxylic acids is 1. The molecule has 0 aromatic carbocycles. The number of Topliss-reactive ketones (excluding diaryl/α,β-unsaturated/α-hetero) is 1. The first-order valence-electron chi connectivity index (χ1n) is 3.65. The van der Waals surface area contributed by atoms with Gasteiger partial charge in [-0.15, -0.1) is 11.8 Å². The van der Waals surface area contributed by atoms with E-state index in [9.17, 15) is 4.79 Å². The third kappa shape index (κ3) is 6.17. The molecule has 0 aromatic rings. The Hall–Kier alpha value is -0.240. The number of thioether (sulfide) groups is 1. The molecule has 2 heteroatoms. The third-order valence-electron chi connectivity index (χ3n) is 1.11. The van der Waals surface area contributed by atoms with Crippen molar-refractivity contribution in [2.75, 3.05) is 5.75 Å². The highest BCUT2D eigenvalue weighted by Crippen LogP contribution is 2.23. The van der Waals surface area contributed by atoms with E-state index in [1.54, 1.807) is 18.7 Å². The van der Waals surface area contributed by atoms with E-state index in [0.717, 1.165) is 0 Å². The van der Waals surface area contributed by atoms with Gasteiger partial charge in [-0.2, -0.15) is 0 Å². The molecule has 0 saturated heterocycles. The summed E-state index contributed by atoms with van der Waals surface area (Å²) in [5, 5.41) is 0. The topological polar surface area (TPSA) is 17.1 Å². The largest absolute Gasteiger partial charge is 0.294 e. The van der Waals surface area contributed by atoms with Gasteiger partial charge in [0.15, 0.2) is 5.78 Å². The second-order valence-corrected chi connectivity index (χ2v) is 5.41. The van der Waals surface area contributed by atoms with Crippen LogP contribution < -0.4 is 0 Å². The molecule has 0 radical (unpaired) electrons. The Labute approximate surface area is 73.3 Å². The molecule has 0 unspecified atom stereocenters. The quantitative estimate of drug-likeness (QED) is 0.609. The number of ketones is 1. The highest BCUT2D eigenvalue weighted by Gasteiger charge is 2.13. The van der Waals surface area contributed by atoms with Crippen LogP contribution in [-0.2, 0) is 4.79 Å². The van der Waals surface area contributed by atoms with Crippen LogP contribution in [-0.4, -0.2) is 16.3 Å². The lowest BCUT2D eigenvalue weighted by atomic mass is 10.2. The third-order valence-corrected chi connectivity index (χ3v) is 2.38. The predicted molar refractivity (Wildman–Crippen MR) is 52.0 cm³/mol. The number of hydrogen-bond donors (Lipinski definition) is 0. The lowest BCUT2D eigenvalue weighted by molar-refractivity contribution is -0.113. The van der Waals surface area contributed by atoms with Gasteiger partial charge in [-0.1, -0.05) is 27.4 Å². The Morgan fingerprint density at radius 2 is 1.91 bits per heavy atom. The summed E-state index contributed by atoms with van der Waals surface area (Å²) >= 11 is 1.66. The first-order chi connectivity index (χ1) is 4.83. The minimum atomic E-state index is 0.157. The first-order valence-corrected chi connectivity index (χ1v) is 4.64. The fourth-order valence-corrected chi connectivity index (χ4v) is 1.22. The molecule has 0 spiro atoms. The molecule has 11 heavy (non-hydrogen) atoms. The van der Waals surface area contributed by atoms with Crippen LogP contribution in [0.1, 0.15) is 27.7 Å². The van der Waals surface area contributed by atoms with E-state index in [0.29, 0.717) is 11.3 Å². The summed E-state index contributed by atoms with van der Waals surface area (Å²) in [5.41, 5.74) is 0.654. The highest BCUT2D eigenvalue weighted by molar-refractivity contribution is 8.01. The van der Waals surface area contributed by atoms with E-state index in [4.69, 9.17) is 0 Å². The Morgan fingerprint density at radius 1 is 1.45 bits per heavy atom. The van der Waals surface area contributed by atoms with Crippen molar-refractivity contribution in [3.63, 3.8) is 0 Å². The summed E-state index contributed by atoms with van der Waals surface area (Å²) in [6.07, 6.45) is 0. The van der Waals surface area contributed by atoms with Crippen molar-refractivity contribution in [1.82, 2.24) is 0 Å². The maximum absolute atomic E-state index is 11.1. The summed E-state index contributed by atoms with van der Waals surface area (Å²) in [5.74, 6) is 0.712. The van der Waals surface area contributed by atoms with Gasteiger partial charge >= 0.3 is 0 Å². The summed E-state index contributed by atoms with van der Waals surface area (Å²) in [6, 6.07) is 0. The van der Waals surface area contributed by atoms with Gasteiger partial charge < -0.3 is 0 Å². The second kappa shape index (κ2) is 3.96. The molecule has 0 aliphatic rings. The van der Waals surface area contributed by atoms with Crippen LogP contribution in [0.15, 0.2) is 12.2 Å². The SMILES string of the molecule is C=C(C)C(=O)CSC(C)(C)C. The fraction of sp³-hybridized carbons (Fsp3) is 0.667. The van der Waals surface area contributed by atoms with Crippen molar-refractivity contribution in [3.8, 4) is 0 Å². The van der Waals surface area contributed by atoms with Crippen LogP contribution in [0.25, 0.3) is 0 Å². The van der Waals surface area contributed by atoms with Crippen LogP contribution in [0.5, 0.6) is 0 Å². The lowest BCUT2D eigenvalue weighted by Crippen LogP contribution is -2.13. The molecule has 0 aliphatic carbocycles. The van der Waals surface area contributed by atoms with Gasteiger partial charge in [-0.25, -0.2) is 0 Å². The Kier molecular flexibility index (Phi) is 3.87. The molecule has 0 rings (SSSR count). The van der Waals surface area contributed by atoms with Gasteiger partial charge in [0.2, 0.25) is 0 Å². The van der Waals surface area contributed by atoms with Crippen molar-refractivity contribution >= 4 is 17.5 Å². The van der Waals surface area contributed by atoms with Crippen molar-refractivity contribution in [2.45, 2.75) is 32.4 Å². The molecule has 0 N–H and O–H groups in total. The van der Waals surface area contributed by atoms with Crippen molar-refractivity contribution in [1.29, 1.82) is 0 Å². The van der Waals surface area contributed by atoms with Crippen molar-refractivity contribution < 1.29 is 4.79 Å². The van der Waals surface area contributed by atoms with Crippen LogP contribution in [0.4, 0.5) is 0 Å². The van der Waals surface area contributed by atoms with Crippen LogP contribution >= 0.6 is 11.8 Å². The number of allylic oxidation sites excluding steroid dienone is 1. The number of hydrogen-bond acceptors (Lipinski definition) is 2. The molecule has 0 aliphatic heterocycles. The molecular formula is C9H16OS. The normalized spacial score (nSPS) is 11.3. The average Bonchev–Trinajstić information content (AvgIpc) is 1.80. The van der Waals surface area contributed by atoms with Crippen LogP contribution in [0, 0.1) is 0 Å². The molecule has 0 bridgehead atoms. The summed E-state index contributed by atoms with van der Waals surface area (Å²) < 4.78 is 0.172. The number of carbonyl (C=O) groups is 1. The summed E-state index contributed by atoms with van der Waals surface area (Å²) in [7, 11) is 0. The van der Waals surface area contributed by atoms with Crippen molar-refractivity contribution in [3.05, 3.63) is 12.2 Å². The van der Waals surface area contributed by atoms with Gasteiger partial charge in [-0.3, -0.25) is 4.79 Å². The standard InChI is InChI=1S/C9H16OS/c1-7(2)8(10)6-11-9(3,4)5/h1,6H2,2-5H3. The Balaban J connectivity index is 3.73. The molecule has 0 fully saturated rings. The van der Waals surface area contributed by atoms with Crippen LogP contribution in [0.3, 0.4) is 0 Å².